The summed E-state index contributed by atoms with van der Waals surface area (Å²) in [7, 11) is -0.778. The van der Waals surface area contributed by atoms with E-state index >= 15 is 0 Å². The lowest BCUT2D eigenvalue weighted by atomic mass is 9.76. The largest absolute Gasteiger partial charge is 0.494 e. The van der Waals surface area contributed by atoms with Gasteiger partial charge >= 0.3 is 14.2 Å². The quantitative estimate of drug-likeness (QED) is 0.245. The first-order valence-corrected chi connectivity index (χ1v) is 15.0. The number of hydrogen-bond acceptors (Lipinski definition) is 4. The lowest BCUT2D eigenvalue weighted by molar-refractivity contribution is 0.00578. The normalized spacial score (nSPS) is 21.5. The zero-order valence-electron chi connectivity index (χ0n) is 25.9. The van der Waals surface area contributed by atoms with E-state index in [1.54, 1.807) is 0 Å². The van der Waals surface area contributed by atoms with Crippen LogP contribution in [-0.4, -0.2) is 41.2 Å². The second-order valence-electron chi connectivity index (χ2n) is 13.6. The van der Waals surface area contributed by atoms with Gasteiger partial charge in [-0.25, -0.2) is 0 Å². The van der Waals surface area contributed by atoms with E-state index in [1.807, 2.05) is 0 Å². The standard InChI is InChI=1S/C32H47B2NO4/c1-11-13-14-15-16-22-19-24(34-38-31(7,8)32(9,10)39-34)21-26-25-20-23(17-18-27(25)35(12-2)28(22)26)33-36-29(3,4)30(5,6)37-33/h17-21H,11-16H2,1-10H3. The van der Waals surface area contributed by atoms with E-state index in [0.29, 0.717) is 0 Å². The summed E-state index contributed by atoms with van der Waals surface area (Å²) >= 11 is 0. The molecule has 0 bridgehead atoms. The van der Waals surface area contributed by atoms with Crippen LogP contribution in [0, 0.1) is 0 Å². The van der Waals surface area contributed by atoms with Crippen molar-refractivity contribution in [1.29, 1.82) is 0 Å². The van der Waals surface area contributed by atoms with Gasteiger partial charge in [0.1, 0.15) is 0 Å². The van der Waals surface area contributed by atoms with Crippen molar-refractivity contribution >= 4 is 47.0 Å². The number of benzene rings is 2. The molecule has 2 saturated heterocycles. The van der Waals surface area contributed by atoms with Crippen LogP contribution in [0.1, 0.15) is 100 Å². The van der Waals surface area contributed by atoms with Crippen molar-refractivity contribution in [2.75, 3.05) is 0 Å². The van der Waals surface area contributed by atoms with Crippen LogP contribution < -0.4 is 10.9 Å². The number of nitrogens with zero attached hydrogens (tertiary/aromatic N) is 1. The first-order chi connectivity index (χ1) is 18.2. The van der Waals surface area contributed by atoms with Gasteiger partial charge < -0.3 is 23.2 Å². The Hall–Kier alpha value is -1.79. The zero-order chi connectivity index (χ0) is 28.4. The molecule has 5 nitrogen and oxygen atoms in total. The van der Waals surface area contributed by atoms with Gasteiger partial charge in [0.05, 0.1) is 27.9 Å². The molecule has 0 unspecified atom stereocenters. The molecular formula is C32H47B2NO4. The van der Waals surface area contributed by atoms with Gasteiger partial charge in [-0.3, -0.25) is 0 Å². The van der Waals surface area contributed by atoms with E-state index in [4.69, 9.17) is 18.6 Å². The van der Waals surface area contributed by atoms with Crippen LogP contribution in [0.2, 0.25) is 0 Å². The fourth-order valence-electron chi connectivity index (χ4n) is 5.87. The average molecular weight is 531 g/mol. The summed E-state index contributed by atoms with van der Waals surface area (Å²) in [6, 6.07) is 11.3. The molecule has 0 N–H and O–H groups in total. The highest BCUT2D eigenvalue weighted by atomic mass is 16.7. The molecular weight excluding hydrogens is 484 g/mol. The van der Waals surface area contributed by atoms with Crippen LogP contribution in [0.25, 0.3) is 21.8 Å². The van der Waals surface area contributed by atoms with Crippen LogP contribution in [0.5, 0.6) is 0 Å². The third-order valence-electron chi connectivity index (χ3n) is 9.75. The van der Waals surface area contributed by atoms with Crippen molar-refractivity contribution in [1.82, 2.24) is 4.57 Å². The molecule has 0 atom stereocenters. The lowest BCUT2D eigenvalue weighted by Gasteiger charge is -2.32. The summed E-state index contributed by atoms with van der Waals surface area (Å²) in [5, 5.41) is 2.48. The summed E-state index contributed by atoms with van der Waals surface area (Å²) in [6.07, 6.45) is 5.98. The Morgan fingerprint density at radius 2 is 1.18 bits per heavy atom. The fourth-order valence-corrected chi connectivity index (χ4v) is 5.87. The van der Waals surface area contributed by atoms with Crippen LogP contribution in [0.3, 0.4) is 0 Å². The molecule has 2 aliphatic heterocycles. The molecule has 5 rings (SSSR count). The molecule has 0 spiro atoms. The second-order valence-corrected chi connectivity index (χ2v) is 13.6. The van der Waals surface area contributed by atoms with Gasteiger partial charge in [-0.15, -0.1) is 0 Å². The van der Waals surface area contributed by atoms with Gasteiger partial charge in [0.25, 0.3) is 0 Å². The van der Waals surface area contributed by atoms with Crippen LogP contribution in [0.15, 0.2) is 30.3 Å². The second kappa shape index (κ2) is 9.94. The van der Waals surface area contributed by atoms with Crippen LogP contribution >= 0.6 is 0 Å². The molecule has 0 saturated carbocycles. The molecule has 210 valence electrons. The molecule has 2 fully saturated rings. The smallest absolute Gasteiger partial charge is 0.399 e. The van der Waals surface area contributed by atoms with Gasteiger partial charge in [0.15, 0.2) is 0 Å². The zero-order valence-corrected chi connectivity index (χ0v) is 25.9. The Labute approximate surface area is 236 Å². The molecule has 1 aromatic heterocycles. The Morgan fingerprint density at radius 1 is 0.641 bits per heavy atom. The Balaban J connectivity index is 1.66. The molecule has 7 heteroatoms. The van der Waals surface area contributed by atoms with E-state index < -0.39 is 0 Å². The first-order valence-electron chi connectivity index (χ1n) is 15.0. The van der Waals surface area contributed by atoms with Gasteiger partial charge in [-0.1, -0.05) is 50.5 Å². The van der Waals surface area contributed by atoms with E-state index in [9.17, 15) is 0 Å². The maximum atomic E-state index is 6.52. The predicted octanol–water partition coefficient (Wildman–Crippen LogP) is 6.54. The maximum Gasteiger partial charge on any atom is 0.494 e. The highest BCUT2D eigenvalue weighted by Crippen LogP contribution is 2.39. The molecule has 2 aliphatic rings. The van der Waals surface area contributed by atoms with Crippen molar-refractivity contribution in [3.05, 3.63) is 35.9 Å². The van der Waals surface area contributed by atoms with E-state index in [0.717, 1.165) is 23.9 Å². The van der Waals surface area contributed by atoms with Crippen molar-refractivity contribution in [3.63, 3.8) is 0 Å². The van der Waals surface area contributed by atoms with Gasteiger partial charge in [-0.05, 0) is 97.7 Å². The van der Waals surface area contributed by atoms with E-state index in [-0.39, 0.29) is 36.6 Å². The minimum absolute atomic E-state index is 0.375. The number of aryl methyl sites for hydroxylation is 2. The summed E-state index contributed by atoms with van der Waals surface area (Å²) in [6.45, 7) is 22.3. The van der Waals surface area contributed by atoms with Gasteiger partial charge in [0.2, 0.25) is 0 Å². The average Bonchev–Trinajstić information content (AvgIpc) is 3.38. The minimum atomic E-state index is -0.390. The number of unbranched alkanes of at least 4 members (excludes halogenated alkanes) is 3. The predicted molar refractivity (Wildman–Crippen MR) is 164 cm³/mol. The first kappa shape index (κ1) is 28.7. The highest BCUT2D eigenvalue weighted by molar-refractivity contribution is 6.63. The van der Waals surface area contributed by atoms with Crippen LogP contribution in [-0.2, 0) is 31.6 Å². The third-order valence-corrected chi connectivity index (χ3v) is 9.75. The number of aromatic nitrogens is 1. The summed E-state index contributed by atoms with van der Waals surface area (Å²) in [5.41, 5.74) is 4.60. The Kier molecular flexibility index (Phi) is 7.32. The Bertz CT molecular complexity index is 1340. The number of hydrogen-bond donors (Lipinski definition) is 0. The van der Waals surface area contributed by atoms with Gasteiger partial charge in [-0.2, -0.15) is 0 Å². The number of fused-ring (bicyclic) bond motifs is 3. The lowest BCUT2D eigenvalue weighted by Crippen LogP contribution is -2.41. The summed E-state index contributed by atoms with van der Waals surface area (Å²) in [5.74, 6) is 0. The maximum absolute atomic E-state index is 6.52. The van der Waals surface area contributed by atoms with E-state index in [1.165, 1.54) is 53.1 Å². The number of rotatable bonds is 8. The van der Waals surface area contributed by atoms with Crippen molar-refractivity contribution in [2.24, 2.45) is 0 Å². The van der Waals surface area contributed by atoms with Crippen molar-refractivity contribution in [2.45, 2.75) is 130 Å². The van der Waals surface area contributed by atoms with Crippen LogP contribution in [0.4, 0.5) is 0 Å². The molecule has 2 aromatic carbocycles. The molecule has 0 aliphatic carbocycles. The molecule has 0 amide bonds. The monoisotopic (exact) mass is 531 g/mol. The van der Waals surface area contributed by atoms with Crippen molar-refractivity contribution < 1.29 is 18.6 Å². The highest BCUT2D eigenvalue weighted by Gasteiger charge is 2.53. The van der Waals surface area contributed by atoms with Crippen molar-refractivity contribution in [3.8, 4) is 0 Å². The molecule has 39 heavy (non-hydrogen) atoms. The summed E-state index contributed by atoms with van der Waals surface area (Å²) < 4.78 is 28.4. The minimum Gasteiger partial charge on any atom is -0.399 e. The summed E-state index contributed by atoms with van der Waals surface area (Å²) in [4.78, 5) is 0. The fraction of sp³-hybridized carbons (Fsp3) is 0.625. The molecule has 3 aromatic rings. The topological polar surface area (TPSA) is 41.9 Å². The Morgan fingerprint density at radius 3 is 1.72 bits per heavy atom. The SMILES string of the molecule is CCCCCCc1cc(B2OC(C)(C)C(C)(C)O2)cc2c3cc(B4OC(C)(C)C(C)(C)O4)ccc3n(CC)c12. The van der Waals surface area contributed by atoms with E-state index in [2.05, 4.69) is 104 Å². The molecule has 3 heterocycles. The van der Waals surface area contributed by atoms with Gasteiger partial charge in [0, 0.05) is 22.8 Å². The molecule has 0 radical (unpaired) electrons. The third kappa shape index (κ3) is 4.88.